The van der Waals surface area contributed by atoms with Crippen LogP contribution in [0.5, 0.6) is 0 Å². The van der Waals surface area contributed by atoms with E-state index in [1.807, 2.05) is 36.4 Å². The highest BCUT2D eigenvalue weighted by Gasteiger charge is 2.14. The van der Waals surface area contributed by atoms with Crippen molar-refractivity contribution in [1.29, 1.82) is 0 Å². The number of ether oxygens (including phenoxy) is 2. The minimum Gasteiger partial charge on any atom is -0.456 e. The summed E-state index contributed by atoms with van der Waals surface area (Å²) in [5.41, 5.74) is 4.22. The van der Waals surface area contributed by atoms with Crippen LogP contribution < -0.4 is 10.2 Å². The van der Waals surface area contributed by atoms with Gasteiger partial charge in [-0.05, 0) is 47.2 Å². The van der Waals surface area contributed by atoms with Crippen molar-refractivity contribution in [2.24, 2.45) is 0 Å². The average molecular weight is 425 g/mol. The van der Waals surface area contributed by atoms with Crippen LogP contribution in [0.25, 0.3) is 0 Å². The molecule has 0 aromatic heterocycles. The van der Waals surface area contributed by atoms with Crippen LogP contribution in [0.2, 0.25) is 0 Å². The fourth-order valence-corrected chi connectivity index (χ4v) is 3.41. The Balaban J connectivity index is 1.38. The minimum atomic E-state index is -0.377. The van der Waals surface area contributed by atoms with Crippen LogP contribution in [0.3, 0.4) is 0 Å². The molecule has 0 aliphatic carbocycles. The van der Waals surface area contributed by atoms with Gasteiger partial charge in [-0.1, -0.05) is 45.0 Å². The first-order valence-corrected chi connectivity index (χ1v) is 10.8. The summed E-state index contributed by atoms with van der Waals surface area (Å²) in [5, 5.41) is 2.76. The molecule has 0 spiro atoms. The molecule has 2 aromatic rings. The summed E-state index contributed by atoms with van der Waals surface area (Å²) in [6.07, 6.45) is 0.838. The SMILES string of the molecule is CC(C)(C)c1ccc(CCC(=O)OCC(=O)Nc2ccc(N3CCOCC3)cc2)cc1. The van der Waals surface area contributed by atoms with Gasteiger partial charge in [0.05, 0.1) is 13.2 Å². The van der Waals surface area contributed by atoms with Crippen LogP contribution >= 0.6 is 0 Å². The normalized spacial score (nSPS) is 14.2. The lowest BCUT2D eigenvalue weighted by Crippen LogP contribution is -2.36. The van der Waals surface area contributed by atoms with Crippen LogP contribution in [0, 0.1) is 0 Å². The maximum Gasteiger partial charge on any atom is 0.306 e. The van der Waals surface area contributed by atoms with Crippen LogP contribution in [-0.4, -0.2) is 44.8 Å². The summed E-state index contributed by atoms with van der Waals surface area (Å²) < 4.78 is 10.5. The number of esters is 1. The average Bonchev–Trinajstić information content (AvgIpc) is 2.77. The topological polar surface area (TPSA) is 67.9 Å². The second-order valence-electron chi connectivity index (χ2n) is 8.80. The Labute approximate surface area is 184 Å². The zero-order valence-electron chi connectivity index (χ0n) is 18.6. The zero-order valence-corrected chi connectivity index (χ0v) is 18.6. The summed E-state index contributed by atoms with van der Waals surface area (Å²) in [7, 11) is 0. The molecule has 1 aliphatic rings. The Morgan fingerprint density at radius 3 is 2.26 bits per heavy atom. The summed E-state index contributed by atoms with van der Waals surface area (Å²) in [4.78, 5) is 26.3. The van der Waals surface area contributed by atoms with Gasteiger partial charge in [-0.15, -0.1) is 0 Å². The van der Waals surface area contributed by atoms with E-state index in [9.17, 15) is 9.59 Å². The first kappa shape index (κ1) is 22.8. The molecular formula is C25H32N2O4. The minimum absolute atomic E-state index is 0.105. The second-order valence-corrected chi connectivity index (χ2v) is 8.80. The lowest BCUT2D eigenvalue weighted by Gasteiger charge is -2.28. The number of amides is 1. The maximum atomic E-state index is 12.1. The molecule has 6 heteroatoms. The van der Waals surface area contributed by atoms with Crippen LogP contribution in [0.4, 0.5) is 11.4 Å². The molecule has 1 amide bonds. The standard InChI is InChI=1S/C25H32N2O4/c1-25(2,3)20-7-4-19(5-8-20)6-13-24(29)31-18-23(28)26-21-9-11-22(12-10-21)27-14-16-30-17-15-27/h4-5,7-12H,6,13-18H2,1-3H3,(H,26,28). The van der Waals surface area contributed by atoms with Crippen LogP contribution in [-0.2, 0) is 30.9 Å². The second kappa shape index (κ2) is 10.4. The lowest BCUT2D eigenvalue weighted by molar-refractivity contribution is -0.147. The largest absolute Gasteiger partial charge is 0.456 e. The van der Waals surface area contributed by atoms with Crippen LogP contribution in [0.1, 0.15) is 38.3 Å². The Hall–Kier alpha value is -2.86. The summed E-state index contributed by atoms with van der Waals surface area (Å²) >= 11 is 0. The van der Waals surface area contributed by atoms with Gasteiger partial charge in [-0.3, -0.25) is 9.59 Å². The van der Waals surface area contributed by atoms with Gasteiger partial charge in [0.1, 0.15) is 0 Å². The first-order chi connectivity index (χ1) is 14.8. The molecule has 1 saturated heterocycles. The highest BCUT2D eigenvalue weighted by molar-refractivity contribution is 5.92. The smallest absolute Gasteiger partial charge is 0.306 e. The third kappa shape index (κ3) is 7.10. The van der Waals surface area contributed by atoms with Crippen molar-refractivity contribution >= 4 is 23.3 Å². The number of hydrogen-bond acceptors (Lipinski definition) is 5. The molecule has 0 saturated carbocycles. The number of anilines is 2. The Morgan fingerprint density at radius 1 is 1.00 bits per heavy atom. The highest BCUT2D eigenvalue weighted by Crippen LogP contribution is 2.22. The summed E-state index contributed by atoms with van der Waals surface area (Å²) in [5.74, 6) is -0.722. The number of benzene rings is 2. The molecule has 2 aromatic carbocycles. The van der Waals surface area contributed by atoms with Crippen LogP contribution in [0.15, 0.2) is 48.5 Å². The molecule has 3 rings (SSSR count). The third-order valence-corrected chi connectivity index (χ3v) is 5.33. The fraction of sp³-hybridized carbons (Fsp3) is 0.440. The quantitative estimate of drug-likeness (QED) is 0.682. The molecule has 166 valence electrons. The monoisotopic (exact) mass is 424 g/mol. The van der Waals surface area contributed by atoms with Crippen molar-refractivity contribution in [2.45, 2.75) is 39.0 Å². The molecule has 0 atom stereocenters. The van der Waals surface area contributed by atoms with E-state index in [2.05, 4.69) is 43.1 Å². The number of hydrogen-bond donors (Lipinski definition) is 1. The van der Waals surface area contributed by atoms with E-state index in [-0.39, 0.29) is 30.3 Å². The number of nitrogens with zero attached hydrogens (tertiary/aromatic N) is 1. The molecule has 1 aliphatic heterocycles. The van der Waals surface area contributed by atoms with Gasteiger partial charge < -0.3 is 19.7 Å². The number of rotatable bonds is 7. The number of nitrogens with one attached hydrogen (secondary N) is 1. The van der Waals surface area contributed by atoms with E-state index in [0.717, 1.165) is 37.6 Å². The van der Waals surface area contributed by atoms with E-state index >= 15 is 0 Å². The van der Waals surface area contributed by atoms with Gasteiger partial charge in [-0.2, -0.15) is 0 Å². The predicted octanol–water partition coefficient (Wildman–Crippen LogP) is 3.94. The van der Waals surface area contributed by atoms with E-state index in [1.54, 1.807) is 0 Å². The van der Waals surface area contributed by atoms with Gasteiger partial charge in [-0.25, -0.2) is 0 Å². The molecule has 1 fully saturated rings. The number of aryl methyl sites for hydroxylation is 1. The number of carbonyl (C=O) groups is 2. The molecule has 6 nitrogen and oxygen atoms in total. The van der Waals surface area contributed by atoms with Crippen molar-refractivity contribution in [3.05, 3.63) is 59.7 Å². The Morgan fingerprint density at radius 2 is 1.65 bits per heavy atom. The first-order valence-electron chi connectivity index (χ1n) is 10.8. The van der Waals surface area contributed by atoms with Gasteiger partial charge in [0.25, 0.3) is 5.91 Å². The third-order valence-electron chi connectivity index (χ3n) is 5.33. The van der Waals surface area contributed by atoms with Crippen molar-refractivity contribution in [1.82, 2.24) is 0 Å². The molecule has 0 radical (unpaired) electrons. The van der Waals surface area contributed by atoms with Crippen molar-refractivity contribution in [3.8, 4) is 0 Å². The van der Waals surface area contributed by atoms with Gasteiger partial charge >= 0.3 is 5.97 Å². The lowest BCUT2D eigenvalue weighted by atomic mass is 9.86. The fourth-order valence-electron chi connectivity index (χ4n) is 3.41. The zero-order chi connectivity index (χ0) is 22.3. The van der Waals surface area contributed by atoms with E-state index in [1.165, 1.54) is 5.56 Å². The van der Waals surface area contributed by atoms with Gasteiger partial charge in [0.2, 0.25) is 0 Å². The molecular weight excluding hydrogens is 392 g/mol. The summed E-state index contributed by atoms with van der Waals surface area (Å²) in [6.45, 7) is 9.41. The number of carbonyl (C=O) groups excluding carboxylic acids is 2. The number of morpholine rings is 1. The molecule has 0 bridgehead atoms. The summed E-state index contributed by atoms with van der Waals surface area (Å²) in [6, 6.07) is 15.9. The van der Waals surface area contributed by atoms with Crippen molar-refractivity contribution in [3.63, 3.8) is 0 Å². The molecule has 31 heavy (non-hydrogen) atoms. The molecule has 1 heterocycles. The Bertz CT molecular complexity index is 864. The molecule has 1 N–H and O–H groups in total. The maximum absolute atomic E-state index is 12.1. The highest BCUT2D eigenvalue weighted by atomic mass is 16.5. The van der Waals surface area contributed by atoms with E-state index in [4.69, 9.17) is 9.47 Å². The van der Waals surface area contributed by atoms with E-state index in [0.29, 0.717) is 12.1 Å². The predicted molar refractivity (Wildman–Crippen MR) is 123 cm³/mol. The Kier molecular flexibility index (Phi) is 7.69. The molecule has 0 unspecified atom stereocenters. The van der Waals surface area contributed by atoms with Crippen molar-refractivity contribution < 1.29 is 19.1 Å². The van der Waals surface area contributed by atoms with Crippen molar-refractivity contribution in [2.75, 3.05) is 43.1 Å². The van der Waals surface area contributed by atoms with E-state index < -0.39 is 0 Å². The van der Waals surface area contributed by atoms with Gasteiger partial charge in [0.15, 0.2) is 6.61 Å². The van der Waals surface area contributed by atoms with Gasteiger partial charge in [0, 0.05) is 30.9 Å².